The van der Waals surface area contributed by atoms with Crippen LogP contribution >= 0.6 is 0 Å². The van der Waals surface area contributed by atoms with Gasteiger partial charge in [0.2, 0.25) is 0 Å². The molecule has 0 atom stereocenters. The lowest BCUT2D eigenvalue weighted by molar-refractivity contribution is 0.0699. The Morgan fingerprint density at radius 3 is 2.90 bits per heavy atom. The summed E-state index contributed by atoms with van der Waals surface area (Å²) < 4.78 is 6.95. The van der Waals surface area contributed by atoms with Gasteiger partial charge in [-0.05, 0) is 18.6 Å². The summed E-state index contributed by atoms with van der Waals surface area (Å²) in [6, 6.07) is 4.84. The number of rotatable bonds is 7. The van der Waals surface area contributed by atoms with Crippen LogP contribution in [0, 0.1) is 0 Å². The van der Waals surface area contributed by atoms with E-state index in [1.54, 1.807) is 12.1 Å². The van der Waals surface area contributed by atoms with Crippen LogP contribution in [0.1, 0.15) is 30.1 Å². The van der Waals surface area contributed by atoms with Gasteiger partial charge in [0.25, 0.3) is 0 Å². The van der Waals surface area contributed by atoms with Crippen molar-refractivity contribution >= 4 is 17.0 Å². The minimum absolute atomic E-state index is 0.102. The van der Waals surface area contributed by atoms with E-state index >= 15 is 0 Å². The maximum atomic E-state index is 11.9. The Hall–Kier alpha value is -2.08. The fourth-order valence-electron chi connectivity index (χ4n) is 2.08. The highest BCUT2D eigenvalue weighted by Crippen LogP contribution is 2.15. The molecule has 0 spiro atoms. The molecule has 0 saturated carbocycles. The number of carboxylic acids is 1. The molecule has 1 aromatic heterocycles. The number of fused-ring (bicyclic) bond motifs is 1. The summed E-state index contributed by atoms with van der Waals surface area (Å²) in [6.45, 7) is 3.60. The largest absolute Gasteiger partial charge is 0.478 e. The summed E-state index contributed by atoms with van der Waals surface area (Å²) >= 11 is 0. The lowest BCUT2D eigenvalue weighted by atomic mass is 10.2. The number of carbonyl (C=O) groups is 1. The molecule has 2 rings (SSSR count). The van der Waals surface area contributed by atoms with Crippen molar-refractivity contribution in [2.45, 2.75) is 26.3 Å². The summed E-state index contributed by atoms with van der Waals surface area (Å²) in [5, 5.41) is 9.10. The average Bonchev–Trinajstić information content (AvgIpc) is 2.74. The minimum atomic E-state index is -1.05. The number of ether oxygens (including phenoxy) is 1. The summed E-state index contributed by atoms with van der Waals surface area (Å²) in [6.07, 6.45) is 2.06. The number of aromatic amines is 1. The van der Waals surface area contributed by atoms with Crippen molar-refractivity contribution in [1.29, 1.82) is 0 Å². The number of para-hydroxylation sites is 1. The van der Waals surface area contributed by atoms with Crippen LogP contribution in [0.15, 0.2) is 23.0 Å². The van der Waals surface area contributed by atoms with Crippen molar-refractivity contribution in [3.63, 3.8) is 0 Å². The van der Waals surface area contributed by atoms with Crippen LogP contribution < -0.4 is 5.69 Å². The molecule has 1 aromatic carbocycles. The van der Waals surface area contributed by atoms with Crippen LogP contribution in [0.5, 0.6) is 0 Å². The second-order valence-electron chi connectivity index (χ2n) is 4.55. The normalized spacial score (nSPS) is 11.1. The van der Waals surface area contributed by atoms with E-state index in [0.717, 1.165) is 12.8 Å². The molecule has 6 nitrogen and oxygen atoms in total. The second-order valence-corrected chi connectivity index (χ2v) is 4.55. The van der Waals surface area contributed by atoms with Crippen molar-refractivity contribution in [3.8, 4) is 0 Å². The van der Waals surface area contributed by atoms with Crippen LogP contribution in [0.25, 0.3) is 11.0 Å². The predicted molar refractivity (Wildman–Crippen MR) is 75.2 cm³/mol. The van der Waals surface area contributed by atoms with Gasteiger partial charge in [-0.1, -0.05) is 19.4 Å². The van der Waals surface area contributed by atoms with Crippen molar-refractivity contribution < 1.29 is 14.6 Å². The van der Waals surface area contributed by atoms with E-state index in [1.807, 2.05) is 0 Å². The molecule has 0 bridgehead atoms. The number of aromatic nitrogens is 2. The summed E-state index contributed by atoms with van der Waals surface area (Å²) in [7, 11) is 0. The maximum Gasteiger partial charge on any atom is 0.337 e. The number of nitrogens with zero attached hydrogens (tertiary/aromatic N) is 1. The predicted octanol–water partition coefficient (Wildman–Crippen LogP) is 1.84. The third-order valence-electron chi connectivity index (χ3n) is 3.14. The molecular formula is C14H18N2O4. The molecule has 0 fully saturated rings. The van der Waals surface area contributed by atoms with Crippen LogP contribution in [0.3, 0.4) is 0 Å². The first-order valence-electron chi connectivity index (χ1n) is 6.67. The van der Waals surface area contributed by atoms with E-state index in [1.165, 1.54) is 10.6 Å². The Balaban J connectivity index is 2.21. The van der Waals surface area contributed by atoms with Crippen molar-refractivity contribution in [3.05, 3.63) is 34.2 Å². The third-order valence-corrected chi connectivity index (χ3v) is 3.14. The molecule has 0 radical (unpaired) electrons. The van der Waals surface area contributed by atoms with E-state index in [0.29, 0.717) is 30.8 Å². The number of aromatic carboxylic acids is 1. The van der Waals surface area contributed by atoms with Gasteiger partial charge in [0, 0.05) is 6.61 Å². The molecule has 0 unspecified atom stereocenters. The molecule has 20 heavy (non-hydrogen) atoms. The first-order chi connectivity index (χ1) is 9.65. The smallest absolute Gasteiger partial charge is 0.337 e. The van der Waals surface area contributed by atoms with Gasteiger partial charge in [-0.2, -0.15) is 0 Å². The van der Waals surface area contributed by atoms with Crippen LogP contribution in [-0.4, -0.2) is 33.8 Å². The van der Waals surface area contributed by atoms with Gasteiger partial charge in [-0.3, -0.25) is 4.57 Å². The van der Waals surface area contributed by atoms with Gasteiger partial charge in [0.1, 0.15) is 0 Å². The lowest BCUT2D eigenvalue weighted by Crippen LogP contribution is -2.19. The number of imidazole rings is 1. The monoisotopic (exact) mass is 278 g/mol. The van der Waals surface area contributed by atoms with Crippen LogP contribution in [0.2, 0.25) is 0 Å². The van der Waals surface area contributed by atoms with Crippen LogP contribution in [-0.2, 0) is 11.3 Å². The molecule has 1 heterocycles. The van der Waals surface area contributed by atoms with Gasteiger partial charge >= 0.3 is 11.7 Å². The molecule has 0 saturated heterocycles. The summed E-state index contributed by atoms with van der Waals surface area (Å²) in [5.41, 5.74) is 0.741. The van der Waals surface area contributed by atoms with Crippen molar-refractivity contribution in [2.24, 2.45) is 0 Å². The van der Waals surface area contributed by atoms with E-state index in [9.17, 15) is 9.59 Å². The van der Waals surface area contributed by atoms with E-state index in [-0.39, 0.29) is 11.3 Å². The Bertz CT molecular complexity index is 657. The van der Waals surface area contributed by atoms with E-state index in [2.05, 4.69) is 11.9 Å². The van der Waals surface area contributed by atoms with Crippen molar-refractivity contribution in [2.75, 3.05) is 13.2 Å². The van der Waals surface area contributed by atoms with Gasteiger partial charge in [0.15, 0.2) is 0 Å². The highest BCUT2D eigenvalue weighted by molar-refractivity contribution is 6.00. The van der Waals surface area contributed by atoms with E-state index < -0.39 is 5.97 Å². The number of unbranched alkanes of at least 4 members (excludes halogenated alkanes) is 1. The zero-order chi connectivity index (χ0) is 14.5. The standard InChI is InChI=1S/C14H18N2O4/c1-2-3-8-20-9-7-16-11-6-4-5-10(13(17)18)12(11)15-14(16)19/h4-6H,2-3,7-9H2,1H3,(H,15,19)(H,17,18). The highest BCUT2D eigenvalue weighted by Gasteiger charge is 2.13. The Kier molecular flexibility index (Phi) is 4.57. The molecule has 0 aliphatic carbocycles. The van der Waals surface area contributed by atoms with Crippen LogP contribution in [0.4, 0.5) is 0 Å². The lowest BCUT2D eigenvalue weighted by Gasteiger charge is -2.05. The minimum Gasteiger partial charge on any atom is -0.478 e. The molecule has 2 aromatic rings. The van der Waals surface area contributed by atoms with Gasteiger partial charge in [-0.15, -0.1) is 0 Å². The molecule has 6 heteroatoms. The molecular weight excluding hydrogens is 260 g/mol. The molecule has 0 aliphatic rings. The number of benzene rings is 1. The van der Waals surface area contributed by atoms with Gasteiger partial charge < -0.3 is 14.8 Å². The summed E-state index contributed by atoms with van der Waals surface area (Å²) in [5.74, 6) is -1.05. The quantitative estimate of drug-likeness (QED) is 0.757. The van der Waals surface area contributed by atoms with Gasteiger partial charge in [0.05, 0.1) is 29.7 Å². The first kappa shape index (κ1) is 14.3. The fourth-order valence-corrected chi connectivity index (χ4v) is 2.08. The number of H-pyrrole nitrogens is 1. The first-order valence-corrected chi connectivity index (χ1v) is 6.67. The van der Waals surface area contributed by atoms with E-state index in [4.69, 9.17) is 9.84 Å². The molecule has 2 N–H and O–H groups in total. The number of carboxylic acid groups (broad SMARTS) is 1. The Morgan fingerprint density at radius 2 is 2.20 bits per heavy atom. The average molecular weight is 278 g/mol. The zero-order valence-electron chi connectivity index (χ0n) is 11.4. The molecule has 0 amide bonds. The summed E-state index contributed by atoms with van der Waals surface area (Å²) in [4.78, 5) is 25.6. The number of nitrogens with one attached hydrogen (secondary N) is 1. The Labute approximate surface area is 116 Å². The van der Waals surface area contributed by atoms with Gasteiger partial charge in [-0.25, -0.2) is 9.59 Å². The second kappa shape index (κ2) is 6.38. The molecule has 108 valence electrons. The number of hydrogen-bond acceptors (Lipinski definition) is 3. The third kappa shape index (κ3) is 2.91. The Morgan fingerprint density at radius 1 is 1.40 bits per heavy atom. The topological polar surface area (TPSA) is 84.3 Å². The zero-order valence-corrected chi connectivity index (χ0v) is 11.4. The maximum absolute atomic E-state index is 11.9. The highest BCUT2D eigenvalue weighted by atomic mass is 16.5. The fraction of sp³-hybridized carbons (Fsp3) is 0.429. The van der Waals surface area contributed by atoms with Crippen molar-refractivity contribution in [1.82, 2.24) is 9.55 Å². The molecule has 0 aliphatic heterocycles. The number of hydrogen-bond donors (Lipinski definition) is 2. The SMILES string of the molecule is CCCCOCCn1c(=O)[nH]c2c(C(=O)O)cccc21.